The Labute approximate surface area is 127 Å². The molecule has 0 bridgehead atoms. The molecule has 1 atom stereocenters. The van der Waals surface area contributed by atoms with Gasteiger partial charge in [0.15, 0.2) is 0 Å². The van der Waals surface area contributed by atoms with Crippen molar-refractivity contribution < 1.29 is 21.6 Å². The maximum absolute atomic E-state index is 12.9. The summed E-state index contributed by atoms with van der Waals surface area (Å²) in [7, 11) is -4.29. The van der Waals surface area contributed by atoms with Crippen LogP contribution in [0.4, 0.5) is 13.2 Å². The van der Waals surface area contributed by atoms with Crippen LogP contribution in [0.2, 0.25) is 0 Å². The summed E-state index contributed by atoms with van der Waals surface area (Å²) < 4.78 is 65.3. The predicted octanol–water partition coefficient (Wildman–Crippen LogP) is 3.64. The van der Waals surface area contributed by atoms with Crippen LogP contribution in [-0.2, 0) is 16.2 Å². The highest BCUT2D eigenvalue weighted by Gasteiger charge is 2.37. The molecule has 0 spiro atoms. The average molecular weight is 344 g/mol. The highest BCUT2D eigenvalue weighted by molar-refractivity contribution is 7.89. The van der Waals surface area contributed by atoms with Gasteiger partial charge in [0.2, 0.25) is 10.0 Å². The first kappa shape index (κ1) is 18.3. The number of alkyl halides is 4. The number of rotatable bonds is 6. The van der Waals surface area contributed by atoms with E-state index in [4.69, 9.17) is 11.6 Å². The van der Waals surface area contributed by atoms with Gasteiger partial charge in [-0.15, -0.1) is 11.6 Å². The van der Waals surface area contributed by atoms with Crippen LogP contribution >= 0.6 is 11.6 Å². The summed E-state index contributed by atoms with van der Waals surface area (Å²) in [5.74, 6) is 0.153. The van der Waals surface area contributed by atoms with Gasteiger partial charge in [-0.25, -0.2) is 13.1 Å². The first-order valence-electron chi connectivity index (χ1n) is 6.32. The Morgan fingerprint density at radius 2 is 1.81 bits per heavy atom. The molecule has 1 aromatic rings. The molecule has 1 unspecified atom stereocenters. The SMILES string of the molecule is CC(C)CC(CCl)NS(=O)(=O)c1ccccc1C(F)(F)F. The normalized spacial score (nSPS) is 14.4. The van der Waals surface area contributed by atoms with Crippen LogP contribution in [0.5, 0.6) is 0 Å². The smallest absolute Gasteiger partial charge is 0.207 e. The molecule has 0 fully saturated rings. The zero-order valence-corrected chi connectivity index (χ0v) is 13.2. The summed E-state index contributed by atoms with van der Waals surface area (Å²) in [4.78, 5) is -0.781. The largest absolute Gasteiger partial charge is 0.417 e. The van der Waals surface area contributed by atoms with Crippen molar-refractivity contribution in [1.29, 1.82) is 0 Å². The molecule has 0 aromatic heterocycles. The van der Waals surface area contributed by atoms with E-state index < -0.39 is 32.7 Å². The van der Waals surface area contributed by atoms with Crippen LogP contribution in [0.15, 0.2) is 29.2 Å². The molecule has 0 aliphatic carbocycles. The molecular formula is C13H17ClF3NO2S. The maximum atomic E-state index is 12.9. The lowest BCUT2D eigenvalue weighted by Crippen LogP contribution is -2.37. The second kappa shape index (κ2) is 6.98. The van der Waals surface area contributed by atoms with Gasteiger partial charge in [0.1, 0.15) is 0 Å². The van der Waals surface area contributed by atoms with Crippen molar-refractivity contribution in [2.24, 2.45) is 5.92 Å². The summed E-state index contributed by atoms with van der Waals surface area (Å²) in [5.41, 5.74) is -1.18. The summed E-state index contributed by atoms with van der Waals surface area (Å²) in [6.45, 7) is 3.75. The standard InChI is InChI=1S/C13H17ClF3NO2S/c1-9(2)7-10(8-14)18-21(19,20)12-6-4-3-5-11(12)13(15,16)17/h3-6,9-10,18H,7-8H2,1-2H3. The Hall–Kier alpha value is -0.790. The van der Waals surface area contributed by atoms with E-state index in [1.165, 1.54) is 6.07 Å². The van der Waals surface area contributed by atoms with Crippen LogP contribution in [0.1, 0.15) is 25.8 Å². The Kier molecular flexibility index (Phi) is 6.07. The van der Waals surface area contributed by atoms with Crippen molar-refractivity contribution in [2.45, 2.75) is 37.4 Å². The molecule has 1 rings (SSSR count). The van der Waals surface area contributed by atoms with Crippen molar-refractivity contribution in [1.82, 2.24) is 4.72 Å². The van der Waals surface area contributed by atoms with E-state index in [1.807, 2.05) is 13.8 Å². The van der Waals surface area contributed by atoms with E-state index in [0.717, 1.165) is 18.2 Å². The fourth-order valence-electron chi connectivity index (χ4n) is 1.93. The topological polar surface area (TPSA) is 46.2 Å². The van der Waals surface area contributed by atoms with Gasteiger partial charge in [0.05, 0.1) is 10.5 Å². The number of sulfonamides is 1. The fraction of sp³-hybridized carbons (Fsp3) is 0.538. The van der Waals surface area contributed by atoms with Crippen molar-refractivity contribution >= 4 is 21.6 Å². The Bertz CT molecular complexity index is 573. The minimum absolute atomic E-state index is 0.00834. The second-order valence-corrected chi connectivity index (χ2v) is 7.09. The van der Waals surface area contributed by atoms with E-state index in [2.05, 4.69) is 4.72 Å². The van der Waals surface area contributed by atoms with Gasteiger partial charge in [-0.05, 0) is 24.5 Å². The van der Waals surface area contributed by atoms with Crippen molar-refractivity contribution in [3.8, 4) is 0 Å². The van der Waals surface area contributed by atoms with E-state index in [0.29, 0.717) is 6.42 Å². The first-order valence-corrected chi connectivity index (χ1v) is 8.34. The molecule has 120 valence electrons. The highest BCUT2D eigenvalue weighted by Crippen LogP contribution is 2.34. The Morgan fingerprint density at radius 1 is 1.24 bits per heavy atom. The van der Waals surface area contributed by atoms with Gasteiger partial charge in [-0.1, -0.05) is 26.0 Å². The van der Waals surface area contributed by atoms with E-state index in [1.54, 1.807) is 0 Å². The van der Waals surface area contributed by atoms with Crippen LogP contribution in [0, 0.1) is 5.92 Å². The zero-order chi connectivity index (χ0) is 16.3. The third-order valence-corrected chi connectivity index (χ3v) is 4.70. The van der Waals surface area contributed by atoms with Crippen molar-refractivity contribution in [3.63, 3.8) is 0 Å². The lowest BCUT2D eigenvalue weighted by atomic mass is 10.1. The maximum Gasteiger partial charge on any atom is 0.417 e. The highest BCUT2D eigenvalue weighted by atomic mass is 35.5. The van der Waals surface area contributed by atoms with Gasteiger partial charge in [-0.3, -0.25) is 0 Å². The molecule has 8 heteroatoms. The molecule has 0 aliphatic heterocycles. The van der Waals surface area contributed by atoms with Crippen LogP contribution in [0.3, 0.4) is 0 Å². The van der Waals surface area contributed by atoms with E-state index >= 15 is 0 Å². The van der Waals surface area contributed by atoms with E-state index in [9.17, 15) is 21.6 Å². The number of hydrogen-bond acceptors (Lipinski definition) is 2. The van der Waals surface area contributed by atoms with E-state index in [-0.39, 0.29) is 11.8 Å². The van der Waals surface area contributed by atoms with Gasteiger partial charge in [0, 0.05) is 11.9 Å². The Morgan fingerprint density at radius 3 is 2.29 bits per heavy atom. The molecule has 0 amide bonds. The molecular weight excluding hydrogens is 327 g/mol. The van der Waals surface area contributed by atoms with Gasteiger partial charge >= 0.3 is 6.18 Å². The summed E-state index contributed by atoms with van der Waals surface area (Å²) in [6, 6.07) is 3.47. The third-order valence-electron chi connectivity index (χ3n) is 2.75. The molecule has 0 saturated heterocycles. The lowest BCUT2D eigenvalue weighted by molar-refractivity contribution is -0.139. The number of nitrogens with one attached hydrogen (secondary N) is 1. The molecule has 0 saturated carbocycles. The quantitative estimate of drug-likeness (QED) is 0.802. The third kappa shape index (κ3) is 5.16. The summed E-state index contributed by atoms with van der Waals surface area (Å²) >= 11 is 5.69. The van der Waals surface area contributed by atoms with Crippen LogP contribution in [0.25, 0.3) is 0 Å². The molecule has 3 nitrogen and oxygen atoms in total. The number of hydrogen-bond donors (Lipinski definition) is 1. The first-order chi connectivity index (χ1) is 9.58. The summed E-state index contributed by atoms with van der Waals surface area (Å²) in [6.07, 6.45) is -4.29. The summed E-state index contributed by atoms with van der Waals surface area (Å²) in [5, 5.41) is 0. The monoisotopic (exact) mass is 343 g/mol. The van der Waals surface area contributed by atoms with Gasteiger partial charge < -0.3 is 0 Å². The van der Waals surface area contributed by atoms with Crippen LogP contribution < -0.4 is 4.72 Å². The molecule has 21 heavy (non-hydrogen) atoms. The molecule has 0 aliphatic rings. The van der Waals surface area contributed by atoms with Crippen LogP contribution in [-0.4, -0.2) is 20.3 Å². The number of halogens is 4. The number of benzene rings is 1. The van der Waals surface area contributed by atoms with Gasteiger partial charge in [0.25, 0.3) is 0 Å². The van der Waals surface area contributed by atoms with Crippen molar-refractivity contribution in [3.05, 3.63) is 29.8 Å². The zero-order valence-electron chi connectivity index (χ0n) is 11.6. The van der Waals surface area contributed by atoms with Gasteiger partial charge in [-0.2, -0.15) is 13.2 Å². The van der Waals surface area contributed by atoms with Crippen molar-refractivity contribution in [2.75, 3.05) is 5.88 Å². The second-order valence-electron chi connectivity index (χ2n) is 5.10. The molecule has 0 heterocycles. The minimum Gasteiger partial charge on any atom is -0.207 e. The molecule has 0 radical (unpaired) electrons. The molecule has 1 N–H and O–H groups in total. The average Bonchev–Trinajstić information content (AvgIpc) is 2.36. The Balaban J connectivity index is 3.14. The lowest BCUT2D eigenvalue weighted by Gasteiger charge is -2.20. The predicted molar refractivity (Wildman–Crippen MR) is 75.7 cm³/mol. The molecule has 1 aromatic carbocycles. The minimum atomic E-state index is -4.74. The fourth-order valence-corrected chi connectivity index (χ4v) is 3.70.